The summed E-state index contributed by atoms with van der Waals surface area (Å²) in [5.41, 5.74) is 0.949. The number of nitrogens with one attached hydrogen (secondary N) is 1. The lowest BCUT2D eigenvalue weighted by Crippen LogP contribution is -2.28. The molecule has 0 aliphatic rings. The molecule has 5 nitrogen and oxygen atoms in total. The van der Waals surface area contributed by atoms with Gasteiger partial charge in [-0.2, -0.15) is 0 Å². The van der Waals surface area contributed by atoms with Crippen LogP contribution in [0.2, 0.25) is 20.1 Å². The van der Waals surface area contributed by atoms with Crippen molar-refractivity contribution in [3.63, 3.8) is 0 Å². The molecule has 1 heterocycles. The number of rotatable bonds is 3. The van der Waals surface area contributed by atoms with Crippen molar-refractivity contribution >= 4 is 68.9 Å². The van der Waals surface area contributed by atoms with Gasteiger partial charge in [-0.3, -0.25) is 14.2 Å². The van der Waals surface area contributed by atoms with Crippen LogP contribution in [0.25, 0.3) is 10.9 Å². The van der Waals surface area contributed by atoms with Gasteiger partial charge in [-0.1, -0.05) is 52.5 Å². The number of hydrogen-bond donors (Lipinski definition) is 1. The van der Waals surface area contributed by atoms with Crippen LogP contribution in [-0.4, -0.2) is 15.5 Å². The Morgan fingerprint density at radius 1 is 1.15 bits per heavy atom. The van der Waals surface area contributed by atoms with E-state index in [1.165, 1.54) is 18.5 Å². The minimum atomic E-state index is -0.476. The smallest absolute Gasteiger partial charge is 0.261 e. The van der Waals surface area contributed by atoms with E-state index >= 15 is 0 Å². The third kappa shape index (κ3) is 3.67. The molecule has 3 rings (SSSR count). The third-order valence-corrected chi connectivity index (χ3v) is 5.02. The second kappa shape index (κ2) is 7.45. The monoisotopic (exact) mass is 429 g/mol. The number of anilines is 1. The summed E-state index contributed by atoms with van der Waals surface area (Å²) in [5.74, 6) is -0.476. The van der Waals surface area contributed by atoms with Gasteiger partial charge in [0.1, 0.15) is 6.54 Å². The minimum Gasteiger partial charge on any atom is -0.322 e. The average molecular weight is 431 g/mol. The Kier molecular flexibility index (Phi) is 5.44. The summed E-state index contributed by atoms with van der Waals surface area (Å²) in [5, 5.41) is 4.06. The van der Waals surface area contributed by atoms with E-state index in [4.69, 9.17) is 46.4 Å². The van der Waals surface area contributed by atoms with E-state index < -0.39 is 11.5 Å². The van der Waals surface area contributed by atoms with Gasteiger partial charge in [-0.15, -0.1) is 0 Å². The first-order valence-corrected chi connectivity index (χ1v) is 8.87. The number of benzene rings is 2. The van der Waals surface area contributed by atoms with E-state index in [1.807, 2.05) is 0 Å². The maximum absolute atomic E-state index is 12.6. The predicted octanol–water partition coefficient (Wildman–Crippen LogP) is 4.96. The van der Waals surface area contributed by atoms with Crippen LogP contribution in [0.1, 0.15) is 5.56 Å². The molecule has 1 amide bonds. The Bertz CT molecular complexity index is 1100. The Balaban J connectivity index is 1.92. The number of aryl methyl sites for hydroxylation is 1. The fourth-order valence-corrected chi connectivity index (χ4v) is 3.42. The van der Waals surface area contributed by atoms with Gasteiger partial charge >= 0.3 is 0 Å². The number of carbonyl (C=O) groups is 1. The van der Waals surface area contributed by atoms with Crippen molar-refractivity contribution < 1.29 is 4.79 Å². The van der Waals surface area contributed by atoms with Gasteiger partial charge in [-0.25, -0.2) is 4.98 Å². The van der Waals surface area contributed by atoms with E-state index in [-0.39, 0.29) is 17.0 Å². The summed E-state index contributed by atoms with van der Waals surface area (Å²) in [6.07, 6.45) is 1.25. The molecule has 0 bridgehead atoms. The standard InChI is InChI=1S/C17H11Cl4N3O2/c1-8-2-3-11(19)16(14(8)21)23-13(25)6-24-7-22-15-10(17(24)26)4-9(18)5-12(15)20/h2-5,7H,6H2,1H3,(H,23,25). The lowest BCUT2D eigenvalue weighted by atomic mass is 10.2. The molecule has 0 aliphatic heterocycles. The fourth-order valence-electron chi connectivity index (χ4n) is 2.41. The largest absolute Gasteiger partial charge is 0.322 e. The Hall–Kier alpha value is -1.79. The lowest BCUT2D eigenvalue weighted by molar-refractivity contribution is -0.116. The fraction of sp³-hybridized carbons (Fsp3) is 0.118. The third-order valence-electron chi connectivity index (χ3n) is 3.71. The molecule has 0 atom stereocenters. The number of aromatic nitrogens is 2. The number of amides is 1. The van der Waals surface area contributed by atoms with Crippen molar-refractivity contribution in [1.82, 2.24) is 9.55 Å². The summed E-state index contributed by atoms with van der Waals surface area (Å²) in [6.45, 7) is 1.52. The molecular weight excluding hydrogens is 420 g/mol. The number of nitrogens with zero attached hydrogens (tertiary/aromatic N) is 2. The minimum absolute atomic E-state index is 0.226. The molecule has 0 aliphatic carbocycles. The number of halogens is 4. The van der Waals surface area contributed by atoms with Gasteiger partial charge in [0.25, 0.3) is 5.56 Å². The van der Waals surface area contributed by atoms with E-state index in [0.717, 1.165) is 10.1 Å². The summed E-state index contributed by atoms with van der Waals surface area (Å²) < 4.78 is 1.15. The second-order valence-electron chi connectivity index (χ2n) is 5.56. The zero-order chi connectivity index (χ0) is 19.0. The Morgan fingerprint density at radius 3 is 2.62 bits per heavy atom. The summed E-state index contributed by atoms with van der Waals surface area (Å²) in [4.78, 5) is 29.1. The molecule has 9 heteroatoms. The maximum atomic E-state index is 12.6. The van der Waals surface area contributed by atoms with Crippen LogP contribution in [0.4, 0.5) is 5.69 Å². The van der Waals surface area contributed by atoms with Crippen LogP contribution < -0.4 is 10.9 Å². The lowest BCUT2D eigenvalue weighted by Gasteiger charge is -2.12. The Morgan fingerprint density at radius 2 is 1.88 bits per heavy atom. The van der Waals surface area contributed by atoms with Gasteiger partial charge in [-0.05, 0) is 30.7 Å². The zero-order valence-electron chi connectivity index (χ0n) is 13.3. The normalized spacial score (nSPS) is 11.0. The molecule has 3 aromatic rings. The highest BCUT2D eigenvalue weighted by Gasteiger charge is 2.14. The topological polar surface area (TPSA) is 64.0 Å². The molecule has 0 saturated heterocycles. The molecule has 0 saturated carbocycles. The van der Waals surface area contributed by atoms with Crippen molar-refractivity contribution in [2.24, 2.45) is 0 Å². The maximum Gasteiger partial charge on any atom is 0.261 e. The highest BCUT2D eigenvalue weighted by atomic mass is 35.5. The Labute approximate surface area is 168 Å². The molecule has 1 N–H and O–H groups in total. The predicted molar refractivity (Wildman–Crippen MR) is 106 cm³/mol. The van der Waals surface area contributed by atoms with Gasteiger partial charge in [0, 0.05) is 5.02 Å². The van der Waals surface area contributed by atoms with E-state index in [0.29, 0.717) is 26.3 Å². The van der Waals surface area contributed by atoms with Gasteiger partial charge in [0.2, 0.25) is 5.91 Å². The van der Waals surface area contributed by atoms with E-state index in [9.17, 15) is 9.59 Å². The van der Waals surface area contributed by atoms with Crippen molar-refractivity contribution in [3.05, 3.63) is 66.6 Å². The van der Waals surface area contributed by atoms with Crippen LogP contribution in [0.3, 0.4) is 0 Å². The molecule has 134 valence electrons. The first-order valence-electron chi connectivity index (χ1n) is 7.36. The molecule has 1 aromatic heterocycles. The van der Waals surface area contributed by atoms with E-state index in [2.05, 4.69) is 10.3 Å². The van der Waals surface area contributed by atoms with Crippen LogP contribution in [0, 0.1) is 6.92 Å². The SMILES string of the molecule is Cc1ccc(Cl)c(NC(=O)Cn2cnc3c(Cl)cc(Cl)cc3c2=O)c1Cl. The molecule has 0 spiro atoms. The quantitative estimate of drug-likeness (QED) is 0.638. The first kappa shape index (κ1) is 19.0. The molecule has 26 heavy (non-hydrogen) atoms. The summed E-state index contributed by atoms with van der Waals surface area (Å²) in [7, 11) is 0. The first-order chi connectivity index (χ1) is 12.3. The van der Waals surface area contributed by atoms with Crippen molar-refractivity contribution in [2.45, 2.75) is 13.5 Å². The van der Waals surface area contributed by atoms with E-state index in [1.54, 1.807) is 19.1 Å². The van der Waals surface area contributed by atoms with Gasteiger partial charge in [0.15, 0.2) is 0 Å². The van der Waals surface area contributed by atoms with Crippen molar-refractivity contribution in [2.75, 3.05) is 5.32 Å². The van der Waals surface area contributed by atoms with Crippen LogP contribution in [0.15, 0.2) is 35.4 Å². The summed E-state index contributed by atoms with van der Waals surface area (Å²) >= 11 is 24.3. The molecule has 0 unspecified atom stereocenters. The molecule has 0 fully saturated rings. The van der Waals surface area contributed by atoms with Crippen molar-refractivity contribution in [1.29, 1.82) is 0 Å². The van der Waals surface area contributed by atoms with Gasteiger partial charge < -0.3 is 5.32 Å². The number of fused-ring (bicyclic) bond motifs is 1. The van der Waals surface area contributed by atoms with Crippen LogP contribution >= 0.6 is 46.4 Å². The highest BCUT2D eigenvalue weighted by molar-refractivity contribution is 6.40. The number of carbonyl (C=O) groups excluding carboxylic acids is 1. The molecule has 2 aromatic carbocycles. The average Bonchev–Trinajstić information content (AvgIpc) is 2.58. The number of hydrogen-bond acceptors (Lipinski definition) is 3. The molecular formula is C17H11Cl4N3O2. The molecule has 0 radical (unpaired) electrons. The zero-order valence-corrected chi connectivity index (χ0v) is 16.3. The van der Waals surface area contributed by atoms with Crippen molar-refractivity contribution in [3.8, 4) is 0 Å². The highest BCUT2D eigenvalue weighted by Crippen LogP contribution is 2.32. The van der Waals surface area contributed by atoms with Gasteiger partial charge in [0.05, 0.1) is 38.0 Å². The summed E-state index contributed by atoms with van der Waals surface area (Å²) in [6, 6.07) is 6.33. The van der Waals surface area contributed by atoms with Crippen LogP contribution in [0.5, 0.6) is 0 Å². The van der Waals surface area contributed by atoms with Crippen LogP contribution in [-0.2, 0) is 11.3 Å². The second-order valence-corrected chi connectivity index (χ2v) is 7.19.